The number of nitrogens with one attached hydrogen (secondary N) is 2. The molecule has 28 heavy (non-hydrogen) atoms. The second-order valence-electron chi connectivity index (χ2n) is 6.92. The first-order valence-electron chi connectivity index (χ1n) is 9.16. The molecule has 0 aromatic heterocycles. The minimum absolute atomic E-state index is 0. The van der Waals surface area contributed by atoms with Crippen molar-refractivity contribution in [1.29, 1.82) is 0 Å². The summed E-state index contributed by atoms with van der Waals surface area (Å²) >= 11 is 0. The first kappa shape index (κ1) is 22.6. The quantitative estimate of drug-likeness (QED) is 0.717. The van der Waals surface area contributed by atoms with Crippen LogP contribution in [-0.4, -0.2) is 36.9 Å². The van der Waals surface area contributed by atoms with Crippen LogP contribution < -0.4 is 10.6 Å². The van der Waals surface area contributed by atoms with Crippen LogP contribution in [0.3, 0.4) is 0 Å². The number of halogens is 1. The number of carbonyl (C=O) groups is 1. The number of carbonyl (C=O) groups excluding carboxylic acids is 1. The molecule has 1 aliphatic heterocycles. The number of anilines is 1. The van der Waals surface area contributed by atoms with Crippen molar-refractivity contribution in [3.8, 4) is 0 Å². The molecule has 7 heteroatoms. The largest absolute Gasteiger partial charge is 0.384 e. The van der Waals surface area contributed by atoms with Crippen LogP contribution in [0.15, 0.2) is 59.5 Å². The van der Waals surface area contributed by atoms with Crippen LogP contribution in [0.25, 0.3) is 0 Å². The Bertz CT molecular complexity index is 790. The Morgan fingerprint density at radius 1 is 1.14 bits per heavy atom. The van der Waals surface area contributed by atoms with Gasteiger partial charge < -0.3 is 15.4 Å². The van der Waals surface area contributed by atoms with Crippen LogP contribution >= 0.6 is 12.4 Å². The first-order valence-corrected chi connectivity index (χ1v) is 10.5. The van der Waals surface area contributed by atoms with Gasteiger partial charge in [-0.15, -0.1) is 12.4 Å². The number of benzene rings is 2. The lowest BCUT2D eigenvalue weighted by Crippen LogP contribution is -2.47. The van der Waals surface area contributed by atoms with Gasteiger partial charge in [0.05, 0.1) is 28.6 Å². The highest BCUT2D eigenvalue weighted by Crippen LogP contribution is 2.31. The van der Waals surface area contributed by atoms with Gasteiger partial charge in [0.25, 0.3) is 0 Å². The zero-order valence-electron chi connectivity index (χ0n) is 16.0. The molecule has 2 aromatic carbocycles. The van der Waals surface area contributed by atoms with E-state index >= 15 is 0 Å². The van der Waals surface area contributed by atoms with Gasteiger partial charge in [-0.05, 0) is 55.8 Å². The molecule has 0 spiro atoms. The molecule has 152 valence electrons. The van der Waals surface area contributed by atoms with E-state index in [1.165, 1.54) is 0 Å². The van der Waals surface area contributed by atoms with Crippen molar-refractivity contribution in [2.75, 3.05) is 32.1 Å². The molecular weight excluding hydrogens is 396 g/mol. The minimum atomic E-state index is -1.11. The van der Waals surface area contributed by atoms with E-state index in [2.05, 4.69) is 10.6 Å². The van der Waals surface area contributed by atoms with Gasteiger partial charge in [-0.3, -0.25) is 9.00 Å². The summed E-state index contributed by atoms with van der Waals surface area (Å²) < 4.78 is 17.9. The summed E-state index contributed by atoms with van der Waals surface area (Å²) in [5.41, 5.74) is 1.17. The number of rotatable bonds is 7. The Balaban J connectivity index is 0.00000280. The van der Waals surface area contributed by atoms with Crippen molar-refractivity contribution in [2.24, 2.45) is 5.41 Å². The van der Waals surface area contributed by atoms with E-state index in [0.717, 1.165) is 42.1 Å². The van der Waals surface area contributed by atoms with E-state index in [1.807, 2.05) is 54.6 Å². The normalized spacial score (nSPS) is 16.6. The monoisotopic (exact) mass is 422 g/mol. The van der Waals surface area contributed by atoms with E-state index in [9.17, 15) is 9.00 Å². The number of piperidine rings is 1. The van der Waals surface area contributed by atoms with Crippen LogP contribution in [0.4, 0.5) is 5.69 Å². The second-order valence-corrected chi connectivity index (χ2v) is 8.37. The average molecular weight is 423 g/mol. The fraction of sp³-hybridized carbons (Fsp3) is 0.381. The molecule has 0 radical (unpaired) electrons. The molecule has 1 fully saturated rings. The Labute approximate surface area is 175 Å². The third kappa shape index (κ3) is 5.64. The van der Waals surface area contributed by atoms with E-state index in [1.54, 1.807) is 7.11 Å². The highest BCUT2D eigenvalue weighted by atomic mass is 35.5. The summed E-state index contributed by atoms with van der Waals surface area (Å²) in [4.78, 5) is 13.8. The van der Waals surface area contributed by atoms with Crippen molar-refractivity contribution in [1.82, 2.24) is 5.32 Å². The summed E-state index contributed by atoms with van der Waals surface area (Å²) in [6.07, 6.45) is 1.51. The van der Waals surface area contributed by atoms with Gasteiger partial charge in [-0.2, -0.15) is 0 Å². The highest BCUT2D eigenvalue weighted by molar-refractivity contribution is 7.84. The lowest BCUT2D eigenvalue weighted by atomic mass is 9.78. The van der Waals surface area contributed by atoms with E-state index < -0.39 is 16.2 Å². The summed E-state index contributed by atoms with van der Waals surface area (Å²) in [5.74, 6) is 0.410. The van der Waals surface area contributed by atoms with Crippen molar-refractivity contribution < 1.29 is 13.7 Å². The molecule has 3 rings (SSSR count). The molecule has 0 aliphatic carbocycles. The van der Waals surface area contributed by atoms with Crippen molar-refractivity contribution >= 4 is 34.8 Å². The van der Waals surface area contributed by atoms with Crippen LogP contribution in [0.1, 0.15) is 18.4 Å². The molecule has 0 bridgehead atoms. The first-order chi connectivity index (χ1) is 13.1. The standard InChI is InChI=1S/C21H26N2O3S.ClH/c1-26-16-21(10-12-22-13-11-21)20(24)23-18-7-5-6-17(14-18)15-27(25)19-8-3-2-4-9-19;/h2-9,14,22H,10-13,15-16H2,1H3,(H,23,24);1H. The fourth-order valence-electron chi connectivity index (χ4n) is 3.43. The average Bonchev–Trinajstić information content (AvgIpc) is 2.70. The molecule has 2 N–H and O–H groups in total. The topological polar surface area (TPSA) is 67.4 Å². The molecule has 1 aliphatic rings. The predicted octanol–water partition coefficient (Wildman–Crippen LogP) is 3.37. The maximum absolute atomic E-state index is 13.0. The maximum atomic E-state index is 13.0. The third-order valence-corrected chi connectivity index (χ3v) is 6.35. The Morgan fingerprint density at radius 2 is 1.86 bits per heavy atom. The van der Waals surface area contributed by atoms with E-state index in [4.69, 9.17) is 4.74 Å². The molecule has 1 amide bonds. The second kappa shape index (κ2) is 10.7. The van der Waals surface area contributed by atoms with Gasteiger partial charge >= 0.3 is 0 Å². The molecule has 0 saturated carbocycles. The predicted molar refractivity (Wildman–Crippen MR) is 115 cm³/mol. The molecule has 1 atom stereocenters. The molecule has 5 nitrogen and oxygen atoms in total. The smallest absolute Gasteiger partial charge is 0.233 e. The van der Waals surface area contributed by atoms with E-state index in [-0.39, 0.29) is 18.3 Å². The summed E-state index contributed by atoms with van der Waals surface area (Å²) in [7, 11) is 0.524. The molecule has 1 saturated heterocycles. The third-order valence-electron chi connectivity index (χ3n) is 4.95. The van der Waals surface area contributed by atoms with Gasteiger partial charge in [0.2, 0.25) is 5.91 Å². The summed E-state index contributed by atoms with van der Waals surface area (Å²) in [5, 5.41) is 6.34. The Morgan fingerprint density at radius 3 is 2.54 bits per heavy atom. The number of hydrogen-bond acceptors (Lipinski definition) is 4. The molecular formula is C21H27ClN2O3S. The van der Waals surface area contributed by atoms with Gasteiger partial charge in [0.15, 0.2) is 0 Å². The van der Waals surface area contributed by atoms with Crippen LogP contribution in [0, 0.1) is 5.41 Å². The number of ether oxygens (including phenoxy) is 1. The van der Waals surface area contributed by atoms with Crippen LogP contribution in [0.5, 0.6) is 0 Å². The number of hydrogen-bond donors (Lipinski definition) is 2. The summed E-state index contributed by atoms with van der Waals surface area (Å²) in [6, 6.07) is 17.0. The van der Waals surface area contributed by atoms with Gasteiger partial charge in [0.1, 0.15) is 0 Å². The van der Waals surface area contributed by atoms with Crippen LogP contribution in [-0.2, 0) is 26.1 Å². The number of methoxy groups -OCH3 is 1. The Kier molecular flexibility index (Phi) is 8.63. The van der Waals surface area contributed by atoms with E-state index in [0.29, 0.717) is 12.4 Å². The lowest BCUT2D eigenvalue weighted by Gasteiger charge is -2.35. The molecule has 2 aromatic rings. The molecule has 1 heterocycles. The molecule has 1 unspecified atom stereocenters. The van der Waals surface area contributed by atoms with Crippen LogP contribution in [0.2, 0.25) is 0 Å². The maximum Gasteiger partial charge on any atom is 0.233 e. The fourth-order valence-corrected chi connectivity index (χ4v) is 4.54. The Hall–Kier alpha value is -1.73. The SMILES string of the molecule is COCC1(C(=O)Nc2cccc(CS(=O)c3ccccc3)c2)CCNCC1.Cl. The lowest BCUT2D eigenvalue weighted by molar-refractivity contribution is -0.130. The minimum Gasteiger partial charge on any atom is -0.384 e. The van der Waals surface area contributed by atoms with Gasteiger partial charge in [0, 0.05) is 17.7 Å². The van der Waals surface area contributed by atoms with Crippen molar-refractivity contribution in [3.63, 3.8) is 0 Å². The zero-order valence-corrected chi connectivity index (χ0v) is 17.6. The summed E-state index contributed by atoms with van der Waals surface area (Å²) in [6.45, 7) is 2.04. The highest BCUT2D eigenvalue weighted by Gasteiger charge is 2.39. The van der Waals surface area contributed by atoms with Gasteiger partial charge in [-0.25, -0.2) is 0 Å². The van der Waals surface area contributed by atoms with Gasteiger partial charge in [-0.1, -0.05) is 30.3 Å². The van der Waals surface area contributed by atoms with Crippen molar-refractivity contribution in [2.45, 2.75) is 23.5 Å². The number of amides is 1. The van der Waals surface area contributed by atoms with Crippen molar-refractivity contribution in [3.05, 3.63) is 60.2 Å². The zero-order chi connectivity index (χ0) is 19.1.